The molecule has 6 aromatic carbocycles. The lowest BCUT2D eigenvalue weighted by Crippen LogP contribution is -2.20. The topological polar surface area (TPSA) is 154 Å². The lowest BCUT2D eigenvalue weighted by Gasteiger charge is -2.21. The number of aromatic hydroxyl groups is 1. The number of methoxy groups -OCH3 is 1. The van der Waals surface area contributed by atoms with Crippen LogP contribution < -0.4 is 4.74 Å². The van der Waals surface area contributed by atoms with Crippen LogP contribution in [0.1, 0.15) is 97.0 Å². The molecular formula is C52H59BrCl2N6O6. The largest absolute Gasteiger partial charge is 0.506 e. The highest BCUT2D eigenvalue weighted by molar-refractivity contribution is 9.09. The van der Waals surface area contributed by atoms with Crippen LogP contribution in [-0.2, 0) is 25.2 Å². The van der Waals surface area contributed by atoms with Gasteiger partial charge in [-0.1, -0.05) is 176 Å². The smallest absolute Gasteiger partial charge is 0.349 e. The molecule has 8 rings (SSSR count). The number of nitrogens with zero attached hydrogens (tertiary/aromatic N) is 6. The highest BCUT2D eigenvalue weighted by Crippen LogP contribution is 2.33. The first-order valence-electron chi connectivity index (χ1n) is 20.1. The Kier molecular flexibility index (Phi) is 19.3. The maximum absolute atomic E-state index is 12.1. The molecule has 12 nitrogen and oxygen atoms in total. The third-order valence-corrected chi connectivity index (χ3v) is 11.3. The van der Waals surface area contributed by atoms with Gasteiger partial charge in [-0.05, 0) is 88.2 Å². The number of rotatable bonds is 8. The van der Waals surface area contributed by atoms with E-state index in [1.54, 1.807) is 42.5 Å². The van der Waals surface area contributed by atoms with Crippen LogP contribution in [0, 0.1) is 0 Å². The SMILES string of the molecule is C.C.C.CC(C)(C)c1ccc(C(Oc2ccc(Cl)cc2-n2nc3ccccc3n2)C(=O)O)cc1.COC(=O)C(Br)c1ccc(C(C)(C)C)cc1.Oc1ccc(Cl)cc1-n1nc2ccccc2n1. The van der Waals surface area contributed by atoms with Gasteiger partial charge in [0.2, 0.25) is 6.10 Å². The molecule has 0 radical (unpaired) electrons. The zero-order chi connectivity index (χ0) is 46.3. The minimum atomic E-state index is -1.20. The first kappa shape index (κ1) is 55.1. The molecule has 2 unspecified atom stereocenters. The Morgan fingerprint density at radius 3 is 1.39 bits per heavy atom. The standard InChI is InChI=1S/C24H22ClN3O3.C13H17BrO2.C12H8ClN3O.3CH4/c1-24(2,3)16-10-8-15(9-11-16)22(23(29)30)31-21-13-12-17(25)14-20(21)28-26-18-6-4-5-7-19(18)27-28;1-13(2,3)10-7-5-9(6-8-10)11(14)12(15)16-4;13-8-5-6-12(17)11(7-8)16-14-9-3-1-2-4-10(9)15-16;;;/h4-14,22H,1-3H3,(H,29,30);5-8,11H,1-4H3;1-7,17H;3*1H4. The monoisotopic (exact) mass is 1010 g/mol. The molecule has 15 heteroatoms. The van der Waals surface area contributed by atoms with Crippen molar-refractivity contribution in [3.63, 3.8) is 0 Å². The van der Waals surface area contributed by atoms with E-state index in [4.69, 9.17) is 27.9 Å². The zero-order valence-corrected chi connectivity index (χ0v) is 39.3. The van der Waals surface area contributed by atoms with E-state index in [0.29, 0.717) is 43.8 Å². The number of phenols is 1. The van der Waals surface area contributed by atoms with Gasteiger partial charge in [-0.25, -0.2) is 4.79 Å². The van der Waals surface area contributed by atoms with Crippen molar-refractivity contribution >= 4 is 73.1 Å². The van der Waals surface area contributed by atoms with Gasteiger partial charge in [0.1, 0.15) is 49.8 Å². The number of hydrogen-bond acceptors (Lipinski definition) is 9. The number of fused-ring (bicyclic) bond motifs is 2. The van der Waals surface area contributed by atoms with Crippen LogP contribution >= 0.6 is 39.1 Å². The van der Waals surface area contributed by atoms with Crippen molar-refractivity contribution < 1.29 is 29.3 Å². The quantitative estimate of drug-likeness (QED) is 0.111. The number of phenolic OH excluding ortho intramolecular Hbond substituents is 1. The number of halogens is 3. The normalized spacial score (nSPS) is 11.8. The Morgan fingerprint density at radius 2 is 0.985 bits per heavy atom. The third kappa shape index (κ3) is 13.9. The molecule has 0 aliphatic rings. The van der Waals surface area contributed by atoms with E-state index in [2.05, 4.69) is 82.6 Å². The summed E-state index contributed by atoms with van der Waals surface area (Å²) in [5.41, 5.74) is 7.80. The number of benzene rings is 6. The number of aliphatic carboxylic acids is 1. The molecule has 2 heterocycles. The Bertz CT molecular complexity index is 2820. The van der Waals surface area contributed by atoms with E-state index < -0.39 is 12.1 Å². The van der Waals surface area contributed by atoms with Gasteiger partial charge < -0.3 is 19.7 Å². The predicted molar refractivity (Wildman–Crippen MR) is 275 cm³/mol. The second kappa shape index (κ2) is 23.4. The molecule has 354 valence electrons. The molecule has 2 atom stereocenters. The molecular weight excluding hydrogens is 955 g/mol. The van der Waals surface area contributed by atoms with Gasteiger partial charge in [-0.15, -0.1) is 30.0 Å². The molecule has 0 saturated carbocycles. The fourth-order valence-corrected chi connectivity index (χ4v) is 7.10. The molecule has 0 aliphatic carbocycles. The lowest BCUT2D eigenvalue weighted by atomic mass is 9.86. The molecule has 0 spiro atoms. The number of esters is 1. The van der Waals surface area contributed by atoms with Crippen molar-refractivity contribution in [1.29, 1.82) is 0 Å². The first-order valence-corrected chi connectivity index (χ1v) is 21.7. The Morgan fingerprint density at radius 1 is 0.597 bits per heavy atom. The van der Waals surface area contributed by atoms with E-state index >= 15 is 0 Å². The van der Waals surface area contributed by atoms with E-state index in [1.807, 2.05) is 84.9 Å². The zero-order valence-electron chi connectivity index (χ0n) is 36.2. The van der Waals surface area contributed by atoms with E-state index in [1.165, 1.54) is 28.3 Å². The van der Waals surface area contributed by atoms with Crippen LogP contribution in [-0.4, -0.2) is 59.2 Å². The van der Waals surface area contributed by atoms with Crippen molar-refractivity contribution in [2.24, 2.45) is 0 Å². The van der Waals surface area contributed by atoms with Gasteiger partial charge in [0.05, 0.1) is 7.11 Å². The van der Waals surface area contributed by atoms with Gasteiger partial charge in [0.25, 0.3) is 0 Å². The average Bonchev–Trinajstić information content (AvgIpc) is 3.91. The molecule has 0 saturated heterocycles. The summed E-state index contributed by atoms with van der Waals surface area (Å²) >= 11 is 15.4. The second-order valence-corrected chi connectivity index (χ2v) is 18.5. The number of carbonyl (C=O) groups is 2. The summed E-state index contributed by atoms with van der Waals surface area (Å²) < 4.78 is 10.6. The molecule has 0 amide bonds. The van der Waals surface area contributed by atoms with Gasteiger partial charge >= 0.3 is 11.9 Å². The highest BCUT2D eigenvalue weighted by Gasteiger charge is 2.25. The summed E-state index contributed by atoms with van der Waals surface area (Å²) in [6, 6.07) is 40.1. The highest BCUT2D eigenvalue weighted by atomic mass is 79.9. The summed E-state index contributed by atoms with van der Waals surface area (Å²) in [5, 5.41) is 38.1. The molecule has 0 fully saturated rings. The van der Waals surface area contributed by atoms with E-state index in [-0.39, 0.29) is 49.7 Å². The van der Waals surface area contributed by atoms with Gasteiger partial charge in [-0.3, -0.25) is 4.79 Å². The summed E-state index contributed by atoms with van der Waals surface area (Å²) in [4.78, 5) is 25.8. The van der Waals surface area contributed by atoms with Crippen molar-refractivity contribution in [2.45, 2.75) is 85.6 Å². The molecule has 0 aliphatic heterocycles. The van der Waals surface area contributed by atoms with Gasteiger partial charge in [0.15, 0.2) is 0 Å². The van der Waals surface area contributed by atoms with Gasteiger partial charge in [0, 0.05) is 15.6 Å². The van der Waals surface area contributed by atoms with Crippen molar-refractivity contribution in [1.82, 2.24) is 30.0 Å². The third-order valence-electron chi connectivity index (χ3n) is 9.89. The maximum atomic E-state index is 12.1. The summed E-state index contributed by atoms with van der Waals surface area (Å²) in [6.45, 7) is 12.8. The summed E-state index contributed by atoms with van der Waals surface area (Å²) in [7, 11) is 1.39. The maximum Gasteiger partial charge on any atom is 0.349 e. The predicted octanol–water partition coefficient (Wildman–Crippen LogP) is 13.9. The number of alkyl halides is 1. The number of hydrogen-bond donors (Lipinski definition) is 2. The van der Waals surface area contributed by atoms with Crippen molar-refractivity contribution in [3.8, 4) is 22.9 Å². The van der Waals surface area contributed by atoms with Crippen LogP contribution in [0.4, 0.5) is 0 Å². The summed E-state index contributed by atoms with van der Waals surface area (Å²) in [6.07, 6.45) is -1.20. The molecule has 2 N–H and O–H groups in total. The number of aromatic nitrogens is 6. The summed E-state index contributed by atoms with van der Waals surface area (Å²) in [5.74, 6) is -0.960. The molecule has 8 aromatic rings. The van der Waals surface area contributed by atoms with Crippen molar-refractivity contribution in [3.05, 3.63) is 166 Å². The second-order valence-electron chi connectivity index (χ2n) is 16.7. The first-order chi connectivity index (χ1) is 30.3. The van der Waals surface area contributed by atoms with E-state index in [0.717, 1.165) is 22.2 Å². The fourth-order valence-electron chi connectivity index (χ4n) is 6.28. The van der Waals surface area contributed by atoms with Crippen LogP contribution in [0.3, 0.4) is 0 Å². The average molecular weight is 1010 g/mol. The molecule has 0 bridgehead atoms. The van der Waals surface area contributed by atoms with Crippen LogP contribution in [0.2, 0.25) is 10.0 Å². The Labute approximate surface area is 411 Å². The van der Waals surface area contributed by atoms with Crippen molar-refractivity contribution in [2.75, 3.05) is 7.11 Å². The molecule has 67 heavy (non-hydrogen) atoms. The lowest BCUT2D eigenvalue weighted by molar-refractivity contribution is -0.145. The minimum absolute atomic E-state index is 0. The fraction of sp³-hybridized carbons (Fsp3) is 0.269. The number of ether oxygens (including phenoxy) is 2. The Balaban J connectivity index is 0.000000283. The number of carboxylic acid groups (broad SMARTS) is 1. The number of carboxylic acids is 1. The van der Waals surface area contributed by atoms with Gasteiger partial charge in [-0.2, -0.15) is 0 Å². The van der Waals surface area contributed by atoms with Crippen LogP contribution in [0.25, 0.3) is 33.4 Å². The van der Waals surface area contributed by atoms with Crippen LogP contribution in [0.15, 0.2) is 133 Å². The minimum Gasteiger partial charge on any atom is -0.506 e. The van der Waals surface area contributed by atoms with E-state index in [9.17, 15) is 19.8 Å². The van der Waals surface area contributed by atoms with Crippen LogP contribution in [0.5, 0.6) is 11.5 Å². The Hall–Kier alpha value is -6.28. The number of carbonyl (C=O) groups excluding carboxylic acids is 1. The molecule has 2 aromatic heterocycles.